The van der Waals surface area contributed by atoms with Gasteiger partial charge in [-0.25, -0.2) is 18.6 Å². The molecule has 3 aromatic rings. The number of phenolic OH excluding ortho intramolecular Hbond substituents is 1. The van der Waals surface area contributed by atoms with Crippen molar-refractivity contribution in [2.24, 2.45) is 10.2 Å². The van der Waals surface area contributed by atoms with Gasteiger partial charge in [0.1, 0.15) is 5.75 Å². The van der Waals surface area contributed by atoms with E-state index < -0.39 is 22.0 Å². The molecular weight excluding hydrogens is 402 g/mol. The summed E-state index contributed by atoms with van der Waals surface area (Å²) in [5, 5.41) is 21.4. The molecule has 8 heteroatoms. The van der Waals surface area contributed by atoms with Gasteiger partial charge in [0.25, 0.3) is 5.91 Å². The van der Waals surface area contributed by atoms with E-state index in [1.807, 2.05) is 30.3 Å². The molecule has 0 aliphatic carbocycles. The first kappa shape index (κ1) is 19.8. The van der Waals surface area contributed by atoms with E-state index in [-0.39, 0.29) is 16.2 Å². The maximum Gasteiger partial charge on any atom is 0.274 e. The molecule has 152 valence electrons. The van der Waals surface area contributed by atoms with Crippen LogP contribution in [-0.4, -0.2) is 30.2 Å². The zero-order valence-electron chi connectivity index (χ0n) is 15.8. The van der Waals surface area contributed by atoms with Gasteiger partial charge in [0.15, 0.2) is 0 Å². The number of carbonyl (C=O) groups excluding carboxylic acids is 1. The predicted octanol–water partition coefficient (Wildman–Crippen LogP) is 3.03. The summed E-state index contributed by atoms with van der Waals surface area (Å²) in [6, 6.07) is 21.2. The molecule has 1 aliphatic rings. The van der Waals surface area contributed by atoms with Crippen molar-refractivity contribution in [3.8, 4) is 5.75 Å². The van der Waals surface area contributed by atoms with Crippen molar-refractivity contribution in [3.63, 3.8) is 0 Å². The fraction of sp³-hybridized carbons (Fsp3) is 0.0909. The minimum atomic E-state index is -3.85. The molecule has 1 aliphatic heterocycles. The highest BCUT2D eigenvalue weighted by Crippen LogP contribution is 2.37. The molecule has 0 radical (unpaired) electrons. The zero-order chi connectivity index (χ0) is 21.3. The van der Waals surface area contributed by atoms with Crippen molar-refractivity contribution in [1.82, 2.24) is 5.01 Å². The van der Waals surface area contributed by atoms with E-state index in [1.54, 1.807) is 24.3 Å². The third kappa shape index (κ3) is 3.83. The number of para-hydroxylation sites is 1. The quantitative estimate of drug-likeness (QED) is 0.674. The minimum Gasteiger partial charge on any atom is -0.508 e. The van der Waals surface area contributed by atoms with Crippen molar-refractivity contribution in [1.29, 1.82) is 0 Å². The lowest BCUT2D eigenvalue weighted by Gasteiger charge is -2.22. The van der Waals surface area contributed by atoms with Crippen LogP contribution in [0.15, 0.2) is 88.9 Å². The van der Waals surface area contributed by atoms with Crippen LogP contribution >= 0.6 is 0 Å². The summed E-state index contributed by atoms with van der Waals surface area (Å²) in [4.78, 5) is 13.2. The maximum absolute atomic E-state index is 13.2. The van der Waals surface area contributed by atoms with Crippen LogP contribution in [0.4, 0.5) is 0 Å². The summed E-state index contributed by atoms with van der Waals surface area (Å²) in [6.07, 6.45) is 0.433. The van der Waals surface area contributed by atoms with Crippen LogP contribution in [0.5, 0.6) is 5.75 Å². The highest BCUT2D eigenvalue weighted by Gasteiger charge is 2.35. The van der Waals surface area contributed by atoms with Gasteiger partial charge in [-0.15, -0.1) is 0 Å². The van der Waals surface area contributed by atoms with E-state index in [1.165, 1.54) is 29.3 Å². The zero-order valence-corrected chi connectivity index (χ0v) is 16.7. The molecule has 0 saturated carbocycles. The molecule has 0 saturated heterocycles. The number of aromatic hydroxyl groups is 1. The molecule has 1 atom stereocenters. The van der Waals surface area contributed by atoms with Gasteiger partial charge in [-0.2, -0.15) is 5.10 Å². The van der Waals surface area contributed by atoms with Gasteiger partial charge < -0.3 is 5.11 Å². The molecule has 4 rings (SSSR count). The summed E-state index contributed by atoms with van der Waals surface area (Å²) in [6.45, 7) is 0. The Morgan fingerprint density at radius 2 is 1.60 bits per heavy atom. The van der Waals surface area contributed by atoms with Crippen LogP contribution in [0.25, 0.3) is 0 Å². The monoisotopic (exact) mass is 421 g/mol. The number of phenols is 1. The van der Waals surface area contributed by atoms with Crippen molar-refractivity contribution >= 4 is 21.6 Å². The molecule has 1 heterocycles. The fourth-order valence-electron chi connectivity index (χ4n) is 3.43. The van der Waals surface area contributed by atoms with E-state index in [9.17, 15) is 18.3 Å². The van der Waals surface area contributed by atoms with E-state index in [4.69, 9.17) is 5.14 Å². The van der Waals surface area contributed by atoms with Gasteiger partial charge in [-0.05, 0) is 35.9 Å². The first-order valence-corrected chi connectivity index (χ1v) is 10.8. The maximum atomic E-state index is 13.2. The van der Waals surface area contributed by atoms with Gasteiger partial charge in [-0.1, -0.05) is 48.5 Å². The lowest BCUT2D eigenvalue weighted by Crippen LogP contribution is -2.27. The molecule has 7 nitrogen and oxygen atoms in total. The summed E-state index contributed by atoms with van der Waals surface area (Å²) in [5.74, 6) is -0.329. The number of hydrogen-bond acceptors (Lipinski definition) is 5. The number of rotatable bonds is 4. The number of carbonyl (C=O) groups is 1. The first-order chi connectivity index (χ1) is 14.3. The molecule has 1 amide bonds. The number of nitrogens with zero attached hydrogens (tertiary/aromatic N) is 2. The van der Waals surface area contributed by atoms with Crippen molar-refractivity contribution < 1.29 is 18.3 Å². The van der Waals surface area contributed by atoms with Crippen LogP contribution < -0.4 is 5.14 Å². The lowest BCUT2D eigenvalue weighted by molar-refractivity contribution is 0.0709. The van der Waals surface area contributed by atoms with Crippen LogP contribution in [0, 0.1) is 0 Å². The summed E-state index contributed by atoms with van der Waals surface area (Å²) < 4.78 is 23.0. The number of sulfonamides is 1. The molecule has 1 unspecified atom stereocenters. The predicted molar refractivity (Wildman–Crippen MR) is 112 cm³/mol. The molecule has 0 fully saturated rings. The van der Waals surface area contributed by atoms with Crippen LogP contribution in [0.3, 0.4) is 0 Å². The normalized spacial score (nSPS) is 16.4. The molecule has 3 aromatic carbocycles. The Morgan fingerprint density at radius 3 is 2.23 bits per heavy atom. The van der Waals surface area contributed by atoms with Crippen molar-refractivity contribution in [2.45, 2.75) is 17.4 Å². The number of primary sulfonamides is 1. The first-order valence-electron chi connectivity index (χ1n) is 9.22. The van der Waals surface area contributed by atoms with Crippen LogP contribution in [0.1, 0.15) is 33.9 Å². The molecule has 0 aromatic heterocycles. The van der Waals surface area contributed by atoms with Gasteiger partial charge in [0.2, 0.25) is 10.0 Å². The van der Waals surface area contributed by atoms with E-state index in [2.05, 4.69) is 5.10 Å². The molecule has 0 bridgehead atoms. The fourth-order valence-corrected chi connectivity index (χ4v) is 3.95. The number of hydrogen-bond donors (Lipinski definition) is 2. The summed E-state index contributed by atoms with van der Waals surface area (Å²) in [7, 11) is -3.85. The molecule has 30 heavy (non-hydrogen) atoms. The SMILES string of the molecule is NS(=O)(=O)c1ccc(C(=O)N2N=C(c3ccccc3)CC2c2ccccc2O)cc1. The number of benzene rings is 3. The Hall–Kier alpha value is -3.49. The van der Waals surface area contributed by atoms with Gasteiger partial charge in [0, 0.05) is 17.5 Å². The van der Waals surface area contributed by atoms with Crippen LogP contribution in [0.2, 0.25) is 0 Å². The standard InChI is InChI=1S/C22H19N3O4S/c23-30(28,29)17-12-10-16(11-13-17)22(27)25-20(18-8-4-5-9-21(18)26)14-19(24-25)15-6-2-1-3-7-15/h1-13,20,26H,14H2,(H2,23,28,29). The number of hydrazone groups is 1. The van der Waals surface area contributed by atoms with Crippen molar-refractivity contribution in [2.75, 3.05) is 0 Å². The van der Waals surface area contributed by atoms with Gasteiger partial charge >= 0.3 is 0 Å². The highest BCUT2D eigenvalue weighted by molar-refractivity contribution is 7.89. The summed E-state index contributed by atoms with van der Waals surface area (Å²) >= 11 is 0. The summed E-state index contributed by atoms with van der Waals surface area (Å²) in [5.41, 5.74) is 2.46. The molecule has 3 N–H and O–H groups in total. The second kappa shape index (κ2) is 7.74. The Morgan fingerprint density at radius 1 is 0.967 bits per heavy atom. The average molecular weight is 421 g/mol. The second-order valence-corrected chi connectivity index (χ2v) is 8.47. The largest absolute Gasteiger partial charge is 0.508 e. The highest BCUT2D eigenvalue weighted by atomic mass is 32.2. The van der Waals surface area contributed by atoms with Gasteiger partial charge in [0.05, 0.1) is 16.6 Å². The second-order valence-electron chi connectivity index (χ2n) is 6.91. The smallest absolute Gasteiger partial charge is 0.274 e. The topological polar surface area (TPSA) is 113 Å². The average Bonchev–Trinajstić information content (AvgIpc) is 3.19. The molecule has 0 spiro atoms. The van der Waals surface area contributed by atoms with Crippen molar-refractivity contribution in [3.05, 3.63) is 95.6 Å². The van der Waals surface area contributed by atoms with Crippen LogP contribution in [-0.2, 0) is 10.0 Å². The number of amides is 1. The third-order valence-electron chi connectivity index (χ3n) is 4.95. The minimum absolute atomic E-state index is 0.0776. The number of nitrogens with two attached hydrogens (primary N) is 1. The van der Waals surface area contributed by atoms with Gasteiger partial charge in [-0.3, -0.25) is 4.79 Å². The third-order valence-corrected chi connectivity index (χ3v) is 5.88. The Kier molecular flexibility index (Phi) is 5.11. The van der Waals surface area contributed by atoms with E-state index in [0.717, 1.165) is 11.3 Å². The Balaban J connectivity index is 1.73. The Labute approximate surface area is 174 Å². The van der Waals surface area contributed by atoms with E-state index >= 15 is 0 Å². The van der Waals surface area contributed by atoms with E-state index in [0.29, 0.717) is 12.0 Å². The lowest BCUT2D eigenvalue weighted by atomic mass is 9.97. The Bertz CT molecular complexity index is 1220. The molecular formula is C22H19N3O4S.